The molecular weight excluding hydrogens is 349 g/mol. The highest BCUT2D eigenvalue weighted by atomic mass is 32.1. The van der Waals surface area contributed by atoms with Gasteiger partial charge in [0.1, 0.15) is 5.82 Å². The lowest BCUT2D eigenvalue weighted by Gasteiger charge is -2.48. The zero-order valence-electron chi connectivity index (χ0n) is 14.7. The third-order valence-electron chi connectivity index (χ3n) is 5.46. The van der Waals surface area contributed by atoms with Crippen molar-refractivity contribution in [3.63, 3.8) is 0 Å². The molecule has 0 aliphatic carbocycles. The summed E-state index contributed by atoms with van der Waals surface area (Å²) in [5, 5.41) is 7.97. The Morgan fingerprint density at radius 3 is 2.69 bits per heavy atom. The van der Waals surface area contributed by atoms with Crippen molar-refractivity contribution < 1.29 is 9.18 Å². The van der Waals surface area contributed by atoms with E-state index in [9.17, 15) is 9.18 Å². The molecule has 2 N–H and O–H groups in total. The number of hydrogen-bond acceptors (Lipinski definition) is 3. The standard InChI is InChI=1S/C20H24FN3OS/c21-14-4-1-5-15(10-14)22-20(25)23-16-11-17-6-2-7-18(12-16)24(17)13-19-8-3-9-26-19/h1,3-5,8-10,16-18H,2,6-7,11-13H2,(H2,22,23,25). The van der Waals surface area contributed by atoms with Crippen LogP contribution in [-0.2, 0) is 6.54 Å². The van der Waals surface area contributed by atoms with Gasteiger partial charge < -0.3 is 10.6 Å². The third-order valence-corrected chi connectivity index (χ3v) is 6.32. The lowest BCUT2D eigenvalue weighted by Crippen LogP contribution is -2.56. The van der Waals surface area contributed by atoms with Crippen LogP contribution in [0, 0.1) is 5.82 Å². The van der Waals surface area contributed by atoms with Crippen LogP contribution >= 0.6 is 11.3 Å². The van der Waals surface area contributed by atoms with E-state index >= 15 is 0 Å². The molecule has 2 aliphatic heterocycles. The predicted octanol–water partition coefficient (Wildman–Crippen LogP) is 4.59. The molecule has 2 unspecified atom stereocenters. The quantitative estimate of drug-likeness (QED) is 0.823. The van der Waals surface area contributed by atoms with E-state index in [1.807, 2.05) is 11.3 Å². The maximum atomic E-state index is 13.3. The molecule has 3 heterocycles. The highest BCUT2D eigenvalue weighted by molar-refractivity contribution is 7.09. The van der Waals surface area contributed by atoms with E-state index in [4.69, 9.17) is 0 Å². The van der Waals surface area contributed by atoms with Gasteiger partial charge in [-0.2, -0.15) is 0 Å². The number of amides is 2. The van der Waals surface area contributed by atoms with Crippen LogP contribution < -0.4 is 10.6 Å². The van der Waals surface area contributed by atoms with Gasteiger partial charge in [-0.05, 0) is 55.3 Å². The molecular formula is C20H24FN3OS. The number of carbonyl (C=O) groups is 1. The second-order valence-electron chi connectivity index (χ2n) is 7.27. The Bertz CT molecular complexity index is 737. The number of nitrogens with zero attached hydrogens (tertiary/aromatic N) is 1. The number of thiophene rings is 1. The first-order valence-corrected chi connectivity index (χ1v) is 10.2. The Labute approximate surface area is 157 Å². The number of benzene rings is 1. The number of urea groups is 1. The predicted molar refractivity (Wildman–Crippen MR) is 103 cm³/mol. The zero-order chi connectivity index (χ0) is 17.9. The summed E-state index contributed by atoms with van der Waals surface area (Å²) in [5.41, 5.74) is 0.484. The Kier molecular flexibility index (Phi) is 5.22. The minimum Gasteiger partial charge on any atom is -0.335 e. The van der Waals surface area contributed by atoms with E-state index in [0.29, 0.717) is 17.8 Å². The van der Waals surface area contributed by atoms with Gasteiger partial charge in [-0.15, -0.1) is 11.3 Å². The highest BCUT2D eigenvalue weighted by Crippen LogP contribution is 2.35. The van der Waals surface area contributed by atoms with Crippen LogP contribution in [0.4, 0.5) is 14.9 Å². The van der Waals surface area contributed by atoms with Gasteiger partial charge in [0.05, 0.1) is 0 Å². The molecule has 2 atom stereocenters. The molecule has 2 bridgehead atoms. The molecule has 0 saturated carbocycles. The van der Waals surface area contributed by atoms with Crippen LogP contribution in [0.1, 0.15) is 37.0 Å². The summed E-state index contributed by atoms with van der Waals surface area (Å²) < 4.78 is 13.3. The number of piperidine rings is 2. The van der Waals surface area contributed by atoms with E-state index < -0.39 is 0 Å². The van der Waals surface area contributed by atoms with Gasteiger partial charge in [0.25, 0.3) is 0 Å². The molecule has 4 rings (SSSR count). The van der Waals surface area contributed by atoms with Crippen LogP contribution in [0.5, 0.6) is 0 Å². The molecule has 4 nitrogen and oxygen atoms in total. The Hall–Kier alpha value is -1.92. The maximum Gasteiger partial charge on any atom is 0.319 e. The van der Waals surface area contributed by atoms with Gasteiger partial charge in [-0.3, -0.25) is 4.90 Å². The summed E-state index contributed by atoms with van der Waals surface area (Å²) in [7, 11) is 0. The summed E-state index contributed by atoms with van der Waals surface area (Å²) >= 11 is 1.82. The lowest BCUT2D eigenvalue weighted by atomic mass is 9.81. The molecule has 1 aromatic heterocycles. The monoisotopic (exact) mass is 373 g/mol. The van der Waals surface area contributed by atoms with Gasteiger partial charge in [0, 0.05) is 35.2 Å². The van der Waals surface area contributed by atoms with Crippen LogP contribution in [-0.4, -0.2) is 29.1 Å². The second-order valence-corrected chi connectivity index (χ2v) is 8.30. The van der Waals surface area contributed by atoms with E-state index in [2.05, 4.69) is 33.0 Å². The second kappa shape index (κ2) is 7.76. The number of nitrogens with one attached hydrogen (secondary N) is 2. The molecule has 2 aromatic rings. The molecule has 2 aliphatic rings. The van der Waals surface area contributed by atoms with Crippen molar-refractivity contribution in [2.45, 2.75) is 56.8 Å². The lowest BCUT2D eigenvalue weighted by molar-refractivity contribution is 0.0208. The van der Waals surface area contributed by atoms with Gasteiger partial charge >= 0.3 is 6.03 Å². The third kappa shape index (κ3) is 4.07. The number of hydrogen-bond donors (Lipinski definition) is 2. The van der Waals surface area contributed by atoms with Crippen LogP contribution in [0.15, 0.2) is 41.8 Å². The van der Waals surface area contributed by atoms with E-state index in [0.717, 1.165) is 19.4 Å². The number of rotatable bonds is 4. The average molecular weight is 373 g/mol. The van der Waals surface area contributed by atoms with Crippen molar-refractivity contribution in [3.05, 3.63) is 52.5 Å². The van der Waals surface area contributed by atoms with Crippen molar-refractivity contribution in [1.82, 2.24) is 10.2 Å². The number of anilines is 1. The normalized spacial score (nSPS) is 25.7. The first kappa shape index (κ1) is 17.5. The molecule has 0 radical (unpaired) electrons. The molecule has 26 heavy (non-hydrogen) atoms. The summed E-state index contributed by atoms with van der Waals surface area (Å²) in [4.78, 5) is 16.3. The van der Waals surface area contributed by atoms with Gasteiger partial charge in [0.2, 0.25) is 0 Å². The van der Waals surface area contributed by atoms with Crippen molar-refractivity contribution in [2.24, 2.45) is 0 Å². The fraction of sp³-hybridized carbons (Fsp3) is 0.450. The molecule has 1 aromatic carbocycles. The van der Waals surface area contributed by atoms with E-state index in [-0.39, 0.29) is 17.9 Å². The Morgan fingerprint density at radius 1 is 1.19 bits per heavy atom. The molecule has 138 valence electrons. The highest BCUT2D eigenvalue weighted by Gasteiger charge is 2.38. The van der Waals surface area contributed by atoms with E-state index in [1.54, 1.807) is 12.1 Å². The van der Waals surface area contributed by atoms with Gasteiger partial charge in [-0.1, -0.05) is 18.6 Å². The van der Waals surface area contributed by atoms with Crippen LogP contribution in [0.2, 0.25) is 0 Å². The zero-order valence-corrected chi connectivity index (χ0v) is 15.5. The first-order valence-electron chi connectivity index (χ1n) is 9.28. The van der Waals surface area contributed by atoms with Crippen LogP contribution in [0.25, 0.3) is 0 Å². The van der Waals surface area contributed by atoms with Crippen LogP contribution in [0.3, 0.4) is 0 Å². The summed E-state index contributed by atoms with van der Waals surface area (Å²) in [6.07, 6.45) is 5.65. The smallest absolute Gasteiger partial charge is 0.319 e. The minimum atomic E-state index is -0.348. The first-order chi connectivity index (χ1) is 12.7. The Morgan fingerprint density at radius 2 is 2.00 bits per heavy atom. The number of carbonyl (C=O) groups excluding carboxylic acids is 1. The molecule has 6 heteroatoms. The maximum absolute atomic E-state index is 13.3. The number of fused-ring (bicyclic) bond motifs is 2. The summed E-state index contributed by atoms with van der Waals surface area (Å²) in [6, 6.07) is 11.3. The summed E-state index contributed by atoms with van der Waals surface area (Å²) in [6.45, 7) is 1.02. The molecule has 2 saturated heterocycles. The fourth-order valence-corrected chi connectivity index (χ4v) is 5.07. The van der Waals surface area contributed by atoms with E-state index in [1.165, 1.54) is 36.3 Å². The molecule has 0 spiro atoms. The molecule has 2 fully saturated rings. The topological polar surface area (TPSA) is 44.4 Å². The SMILES string of the molecule is O=C(Nc1cccc(F)c1)NC1CC2CCCC(C1)N2Cc1cccs1. The number of halogens is 1. The van der Waals surface area contributed by atoms with Crippen molar-refractivity contribution >= 4 is 23.1 Å². The van der Waals surface area contributed by atoms with Gasteiger partial charge in [0.15, 0.2) is 0 Å². The van der Waals surface area contributed by atoms with Gasteiger partial charge in [-0.25, -0.2) is 9.18 Å². The van der Waals surface area contributed by atoms with Crippen molar-refractivity contribution in [2.75, 3.05) is 5.32 Å². The fourth-order valence-electron chi connectivity index (χ4n) is 4.36. The summed E-state index contributed by atoms with van der Waals surface area (Å²) in [5.74, 6) is -0.348. The Balaban J connectivity index is 1.35. The molecule has 2 amide bonds. The average Bonchev–Trinajstić information content (AvgIpc) is 3.08. The van der Waals surface area contributed by atoms with Crippen molar-refractivity contribution in [3.8, 4) is 0 Å². The van der Waals surface area contributed by atoms with Crippen molar-refractivity contribution in [1.29, 1.82) is 0 Å². The minimum absolute atomic E-state index is 0.179. The largest absolute Gasteiger partial charge is 0.335 e.